The van der Waals surface area contributed by atoms with Crippen molar-refractivity contribution in [3.63, 3.8) is 0 Å². The molecule has 1 aliphatic rings. The molecular weight excluding hydrogens is 360 g/mol. The molecule has 0 spiro atoms. The van der Waals surface area contributed by atoms with Gasteiger partial charge in [0, 0.05) is 30.2 Å². The van der Waals surface area contributed by atoms with Gasteiger partial charge in [0.15, 0.2) is 0 Å². The highest BCUT2D eigenvalue weighted by molar-refractivity contribution is 6.33. The Balaban J connectivity index is 1.65. The van der Waals surface area contributed by atoms with Crippen LogP contribution in [-0.4, -0.2) is 50.2 Å². The number of amides is 1. The Kier molecular flexibility index (Phi) is 7.45. The summed E-state index contributed by atoms with van der Waals surface area (Å²) < 4.78 is 5.36. The zero-order chi connectivity index (χ0) is 18.9. The van der Waals surface area contributed by atoms with Crippen LogP contribution in [0.5, 0.6) is 0 Å². The van der Waals surface area contributed by atoms with Crippen molar-refractivity contribution in [2.45, 2.75) is 6.42 Å². The van der Waals surface area contributed by atoms with Gasteiger partial charge in [-0.1, -0.05) is 60.1 Å². The van der Waals surface area contributed by atoms with Gasteiger partial charge in [0.1, 0.15) is 0 Å². The number of morpholine rings is 1. The number of hydrogen-bond donors (Lipinski definition) is 1. The van der Waals surface area contributed by atoms with E-state index in [1.54, 1.807) is 0 Å². The number of carbonyl (C=O) groups is 1. The SMILES string of the molecule is O=C(NCCCN1CCOCC1)/C(=C/c1ccccc1Cl)c1ccccc1. The smallest absolute Gasteiger partial charge is 0.251 e. The van der Waals surface area contributed by atoms with E-state index >= 15 is 0 Å². The lowest BCUT2D eigenvalue weighted by molar-refractivity contribution is -0.115. The standard InChI is InChI=1S/C22H25ClN2O2/c23-21-10-5-4-9-19(21)17-20(18-7-2-1-3-8-18)22(26)24-11-6-12-25-13-15-27-16-14-25/h1-5,7-10,17H,6,11-16H2,(H,24,26)/b20-17+. The molecule has 142 valence electrons. The lowest BCUT2D eigenvalue weighted by Gasteiger charge is -2.26. The molecule has 1 N–H and O–H groups in total. The van der Waals surface area contributed by atoms with Gasteiger partial charge in [-0.2, -0.15) is 0 Å². The third-order valence-electron chi connectivity index (χ3n) is 4.57. The van der Waals surface area contributed by atoms with Crippen LogP contribution < -0.4 is 5.32 Å². The van der Waals surface area contributed by atoms with Crippen LogP contribution >= 0.6 is 11.6 Å². The molecular formula is C22H25ClN2O2. The number of halogens is 1. The first-order chi connectivity index (χ1) is 13.2. The number of ether oxygens (including phenoxy) is 1. The Labute approximate surface area is 165 Å². The van der Waals surface area contributed by atoms with Gasteiger partial charge in [-0.05, 0) is 36.2 Å². The lowest BCUT2D eigenvalue weighted by Crippen LogP contribution is -2.38. The van der Waals surface area contributed by atoms with Crippen molar-refractivity contribution in [1.29, 1.82) is 0 Å². The van der Waals surface area contributed by atoms with E-state index in [-0.39, 0.29) is 5.91 Å². The number of nitrogens with zero attached hydrogens (tertiary/aromatic N) is 1. The first-order valence-electron chi connectivity index (χ1n) is 9.34. The molecule has 0 radical (unpaired) electrons. The number of hydrogen-bond acceptors (Lipinski definition) is 3. The summed E-state index contributed by atoms with van der Waals surface area (Å²) >= 11 is 6.28. The maximum absolute atomic E-state index is 12.9. The van der Waals surface area contributed by atoms with Gasteiger partial charge in [0.2, 0.25) is 0 Å². The summed E-state index contributed by atoms with van der Waals surface area (Å²) in [7, 11) is 0. The van der Waals surface area contributed by atoms with Crippen molar-refractivity contribution in [2.75, 3.05) is 39.4 Å². The van der Waals surface area contributed by atoms with E-state index in [1.165, 1.54) is 0 Å². The predicted octanol–water partition coefficient (Wildman–Crippen LogP) is 3.72. The predicted molar refractivity (Wildman–Crippen MR) is 111 cm³/mol. The lowest BCUT2D eigenvalue weighted by atomic mass is 10.0. The molecule has 2 aromatic carbocycles. The van der Waals surface area contributed by atoms with Gasteiger partial charge in [-0.25, -0.2) is 0 Å². The summed E-state index contributed by atoms with van der Waals surface area (Å²) in [6, 6.07) is 17.2. The zero-order valence-electron chi connectivity index (χ0n) is 15.4. The molecule has 1 aliphatic heterocycles. The van der Waals surface area contributed by atoms with Gasteiger partial charge < -0.3 is 10.1 Å². The maximum Gasteiger partial charge on any atom is 0.251 e. The minimum Gasteiger partial charge on any atom is -0.379 e. The van der Waals surface area contributed by atoms with Crippen molar-refractivity contribution >= 4 is 29.2 Å². The summed E-state index contributed by atoms with van der Waals surface area (Å²) in [6.07, 6.45) is 2.77. The molecule has 2 aromatic rings. The third kappa shape index (κ3) is 5.93. The van der Waals surface area contributed by atoms with Crippen LogP contribution in [0.4, 0.5) is 0 Å². The van der Waals surface area contributed by atoms with E-state index in [4.69, 9.17) is 16.3 Å². The molecule has 4 nitrogen and oxygen atoms in total. The van der Waals surface area contributed by atoms with Crippen LogP contribution in [-0.2, 0) is 9.53 Å². The Bertz CT molecular complexity index is 771. The molecule has 1 fully saturated rings. The molecule has 1 amide bonds. The van der Waals surface area contributed by atoms with Gasteiger partial charge in [-0.3, -0.25) is 9.69 Å². The van der Waals surface area contributed by atoms with Crippen molar-refractivity contribution in [1.82, 2.24) is 10.2 Å². The molecule has 0 unspecified atom stereocenters. The molecule has 0 aliphatic carbocycles. The van der Waals surface area contributed by atoms with E-state index in [9.17, 15) is 4.79 Å². The Morgan fingerprint density at radius 1 is 1.07 bits per heavy atom. The molecule has 1 saturated heterocycles. The minimum atomic E-state index is -0.0805. The fourth-order valence-corrected chi connectivity index (χ4v) is 3.26. The average molecular weight is 385 g/mol. The van der Waals surface area contributed by atoms with E-state index in [1.807, 2.05) is 60.7 Å². The second-order valence-corrected chi connectivity index (χ2v) is 6.92. The first-order valence-corrected chi connectivity index (χ1v) is 9.72. The maximum atomic E-state index is 12.9. The largest absolute Gasteiger partial charge is 0.379 e. The highest BCUT2D eigenvalue weighted by Crippen LogP contribution is 2.23. The summed E-state index contributed by atoms with van der Waals surface area (Å²) in [6.45, 7) is 5.14. The summed E-state index contributed by atoms with van der Waals surface area (Å²) in [5, 5.41) is 3.68. The first kappa shape index (κ1) is 19.6. The Hall–Kier alpha value is -2.14. The molecule has 27 heavy (non-hydrogen) atoms. The highest BCUT2D eigenvalue weighted by Gasteiger charge is 2.13. The van der Waals surface area contributed by atoms with Gasteiger partial charge in [-0.15, -0.1) is 0 Å². The summed E-state index contributed by atoms with van der Waals surface area (Å²) in [4.78, 5) is 15.2. The molecule has 5 heteroatoms. The summed E-state index contributed by atoms with van der Waals surface area (Å²) in [5.41, 5.74) is 2.33. The quantitative estimate of drug-likeness (QED) is 0.449. The van der Waals surface area contributed by atoms with Crippen LogP contribution in [0.25, 0.3) is 11.6 Å². The Morgan fingerprint density at radius 3 is 2.52 bits per heavy atom. The molecule has 0 atom stereocenters. The van der Waals surface area contributed by atoms with Crippen LogP contribution in [0.15, 0.2) is 54.6 Å². The van der Waals surface area contributed by atoms with Gasteiger partial charge >= 0.3 is 0 Å². The van der Waals surface area contributed by atoms with E-state index in [0.29, 0.717) is 17.1 Å². The molecule has 3 rings (SSSR count). The monoisotopic (exact) mass is 384 g/mol. The fourth-order valence-electron chi connectivity index (χ4n) is 3.07. The summed E-state index contributed by atoms with van der Waals surface area (Å²) in [5.74, 6) is -0.0805. The normalized spacial score (nSPS) is 15.5. The molecule has 0 aromatic heterocycles. The number of carbonyl (C=O) groups excluding carboxylic acids is 1. The molecule has 0 bridgehead atoms. The Morgan fingerprint density at radius 2 is 1.78 bits per heavy atom. The van der Waals surface area contributed by atoms with Crippen LogP contribution in [0.3, 0.4) is 0 Å². The van der Waals surface area contributed by atoms with Crippen LogP contribution in [0.2, 0.25) is 5.02 Å². The third-order valence-corrected chi connectivity index (χ3v) is 4.92. The minimum absolute atomic E-state index is 0.0805. The number of benzene rings is 2. The second kappa shape index (κ2) is 10.3. The van der Waals surface area contributed by atoms with Gasteiger partial charge in [0.25, 0.3) is 5.91 Å². The van der Waals surface area contributed by atoms with Crippen LogP contribution in [0.1, 0.15) is 17.5 Å². The van der Waals surface area contributed by atoms with Gasteiger partial charge in [0.05, 0.1) is 13.2 Å². The van der Waals surface area contributed by atoms with Crippen LogP contribution in [0, 0.1) is 0 Å². The molecule has 0 saturated carbocycles. The van der Waals surface area contributed by atoms with E-state index in [0.717, 1.165) is 50.4 Å². The van der Waals surface area contributed by atoms with Crippen molar-refractivity contribution in [3.05, 3.63) is 70.7 Å². The topological polar surface area (TPSA) is 41.6 Å². The fraction of sp³-hybridized carbons (Fsp3) is 0.318. The van der Waals surface area contributed by atoms with Crippen molar-refractivity contribution < 1.29 is 9.53 Å². The average Bonchev–Trinajstić information content (AvgIpc) is 2.72. The van der Waals surface area contributed by atoms with Crippen molar-refractivity contribution in [2.24, 2.45) is 0 Å². The number of nitrogens with one attached hydrogen (secondary N) is 1. The highest BCUT2D eigenvalue weighted by atomic mass is 35.5. The second-order valence-electron chi connectivity index (χ2n) is 6.51. The van der Waals surface area contributed by atoms with E-state index < -0.39 is 0 Å². The molecule has 1 heterocycles. The van der Waals surface area contributed by atoms with Crippen molar-refractivity contribution in [3.8, 4) is 0 Å². The number of rotatable bonds is 7. The van der Waals surface area contributed by atoms with E-state index in [2.05, 4.69) is 10.2 Å². The zero-order valence-corrected chi connectivity index (χ0v) is 16.1.